The molecule has 0 spiro atoms. The van der Waals surface area contributed by atoms with E-state index in [1.807, 2.05) is 25.1 Å². The number of aromatic amines is 1. The molecule has 0 fully saturated rings. The Balaban J connectivity index is 2.42. The summed E-state index contributed by atoms with van der Waals surface area (Å²) < 4.78 is 0. The van der Waals surface area contributed by atoms with Crippen LogP contribution in [0.25, 0.3) is 11.4 Å². The van der Waals surface area contributed by atoms with Crippen molar-refractivity contribution in [1.82, 2.24) is 15.2 Å². The van der Waals surface area contributed by atoms with E-state index in [0.717, 1.165) is 17.0 Å². The fraction of sp³-hybridized carbons (Fsp3) is 0.333. The van der Waals surface area contributed by atoms with E-state index in [1.54, 1.807) is 0 Å². The van der Waals surface area contributed by atoms with Crippen molar-refractivity contribution in [3.05, 3.63) is 34.6 Å². The van der Waals surface area contributed by atoms with Gasteiger partial charge in [0.25, 0.3) is 0 Å². The summed E-state index contributed by atoms with van der Waals surface area (Å²) in [6, 6.07) is 5.87. The molecule has 3 nitrogen and oxygen atoms in total. The molecule has 1 heterocycles. The number of H-pyrrole nitrogens is 1. The molecule has 2 aromatic rings. The molecule has 0 bridgehead atoms. The first-order valence-electron chi connectivity index (χ1n) is 5.26. The van der Waals surface area contributed by atoms with Gasteiger partial charge < -0.3 is 0 Å². The Morgan fingerprint density at radius 2 is 2.06 bits per heavy atom. The average Bonchev–Trinajstić information content (AvgIpc) is 2.66. The van der Waals surface area contributed by atoms with Crippen LogP contribution in [0.4, 0.5) is 0 Å². The molecule has 4 heteroatoms. The molecule has 1 aromatic heterocycles. The molecule has 0 radical (unpaired) electrons. The summed E-state index contributed by atoms with van der Waals surface area (Å²) in [5.74, 6) is 1.88. The smallest absolute Gasteiger partial charge is 0.182 e. The number of hydrogen-bond donors (Lipinski definition) is 1. The van der Waals surface area contributed by atoms with Crippen molar-refractivity contribution in [3.63, 3.8) is 0 Å². The molecule has 2 rings (SSSR count). The molecule has 0 amide bonds. The maximum Gasteiger partial charge on any atom is 0.182 e. The van der Waals surface area contributed by atoms with Crippen molar-refractivity contribution in [3.8, 4) is 11.4 Å². The van der Waals surface area contributed by atoms with Gasteiger partial charge in [-0.05, 0) is 24.6 Å². The van der Waals surface area contributed by atoms with Gasteiger partial charge in [-0.25, -0.2) is 4.98 Å². The minimum atomic E-state index is 0.338. The van der Waals surface area contributed by atoms with Gasteiger partial charge in [-0.2, -0.15) is 5.10 Å². The van der Waals surface area contributed by atoms with Gasteiger partial charge in [0, 0.05) is 11.5 Å². The summed E-state index contributed by atoms with van der Waals surface area (Å²) in [4.78, 5) is 4.42. The topological polar surface area (TPSA) is 41.6 Å². The summed E-state index contributed by atoms with van der Waals surface area (Å²) in [6.07, 6.45) is 0. The Hall–Kier alpha value is -1.35. The maximum absolute atomic E-state index is 6.16. The molecule has 84 valence electrons. The molecule has 16 heavy (non-hydrogen) atoms. The van der Waals surface area contributed by atoms with Gasteiger partial charge in [-0.15, -0.1) is 0 Å². The van der Waals surface area contributed by atoms with Crippen molar-refractivity contribution in [2.24, 2.45) is 0 Å². The zero-order valence-electron chi connectivity index (χ0n) is 9.58. The van der Waals surface area contributed by atoms with Crippen molar-refractivity contribution in [2.75, 3.05) is 0 Å². The Morgan fingerprint density at radius 3 is 2.62 bits per heavy atom. The first-order chi connectivity index (χ1) is 7.58. The monoisotopic (exact) mass is 235 g/mol. The van der Waals surface area contributed by atoms with Gasteiger partial charge >= 0.3 is 0 Å². The van der Waals surface area contributed by atoms with Crippen LogP contribution >= 0.6 is 11.6 Å². The number of aryl methyl sites for hydroxylation is 1. The highest BCUT2D eigenvalue weighted by Crippen LogP contribution is 2.26. The lowest BCUT2D eigenvalue weighted by atomic mass is 10.1. The van der Waals surface area contributed by atoms with E-state index in [1.165, 1.54) is 0 Å². The van der Waals surface area contributed by atoms with Crippen LogP contribution in [-0.2, 0) is 0 Å². The molecule has 0 saturated heterocycles. The molecule has 1 N–H and O–H groups in total. The Morgan fingerprint density at radius 1 is 1.31 bits per heavy atom. The minimum Gasteiger partial charge on any atom is -0.262 e. The van der Waals surface area contributed by atoms with Crippen LogP contribution in [0.2, 0.25) is 5.02 Å². The molecule has 1 aromatic carbocycles. The highest BCUT2D eigenvalue weighted by atomic mass is 35.5. The van der Waals surface area contributed by atoms with E-state index < -0.39 is 0 Å². The molecular weight excluding hydrogens is 222 g/mol. The van der Waals surface area contributed by atoms with Crippen molar-refractivity contribution in [1.29, 1.82) is 0 Å². The number of nitrogens with one attached hydrogen (secondary N) is 1. The Labute approximate surface area is 99.9 Å². The summed E-state index contributed by atoms with van der Waals surface area (Å²) in [6.45, 7) is 6.15. The Kier molecular flexibility index (Phi) is 2.97. The van der Waals surface area contributed by atoms with Crippen molar-refractivity contribution in [2.45, 2.75) is 26.7 Å². The number of nitrogens with zero attached hydrogens (tertiary/aromatic N) is 2. The zero-order valence-corrected chi connectivity index (χ0v) is 10.3. The third-order valence-corrected chi connectivity index (χ3v) is 2.73. The first-order valence-corrected chi connectivity index (χ1v) is 5.64. The van der Waals surface area contributed by atoms with E-state index in [4.69, 9.17) is 11.6 Å². The van der Waals surface area contributed by atoms with Crippen LogP contribution in [0.5, 0.6) is 0 Å². The SMILES string of the molecule is Cc1ccc(-c2n[nH]c(C(C)C)n2)c(Cl)c1. The van der Waals surface area contributed by atoms with Crippen LogP contribution in [0.3, 0.4) is 0 Å². The van der Waals surface area contributed by atoms with Gasteiger partial charge in [0.1, 0.15) is 5.82 Å². The normalized spacial score (nSPS) is 11.1. The standard InChI is InChI=1S/C12H14ClN3/c1-7(2)11-14-12(16-15-11)9-5-4-8(3)6-10(9)13/h4-7H,1-3H3,(H,14,15,16). The maximum atomic E-state index is 6.16. The molecular formula is C12H14ClN3. The quantitative estimate of drug-likeness (QED) is 0.865. The lowest BCUT2D eigenvalue weighted by Gasteiger charge is -2.00. The minimum absolute atomic E-state index is 0.338. The largest absolute Gasteiger partial charge is 0.262 e. The summed E-state index contributed by atoms with van der Waals surface area (Å²) in [5.41, 5.74) is 2.00. The molecule has 0 aliphatic carbocycles. The van der Waals surface area contributed by atoms with Crippen LogP contribution in [0.15, 0.2) is 18.2 Å². The predicted molar refractivity (Wildman–Crippen MR) is 65.7 cm³/mol. The summed E-state index contributed by atoms with van der Waals surface area (Å²) in [5, 5.41) is 7.79. The average molecular weight is 236 g/mol. The number of benzene rings is 1. The predicted octanol–water partition coefficient (Wildman–Crippen LogP) is 3.56. The highest BCUT2D eigenvalue weighted by molar-refractivity contribution is 6.33. The number of hydrogen-bond acceptors (Lipinski definition) is 2. The van der Waals surface area contributed by atoms with Crippen LogP contribution in [0, 0.1) is 6.92 Å². The molecule has 0 unspecified atom stereocenters. The van der Waals surface area contributed by atoms with Crippen molar-refractivity contribution >= 4 is 11.6 Å². The van der Waals surface area contributed by atoms with Gasteiger partial charge in [0.2, 0.25) is 0 Å². The number of aromatic nitrogens is 3. The van der Waals surface area contributed by atoms with E-state index in [-0.39, 0.29) is 0 Å². The van der Waals surface area contributed by atoms with E-state index in [2.05, 4.69) is 29.0 Å². The van der Waals surface area contributed by atoms with Gasteiger partial charge in [0.05, 0.1) is 5.02 Å². The molecule has 0 aliphatic rings. The third-order valence-electron chi connectivity index (χ3n) is 2.42. The second-order valence-corrected chi connectivity index (χ2v) is 4.59. The molecule has 0 saturated carbocycles. The van der Waals surface area contributed by atoms with Gasteiger partial charge in [-0.1, -0.05) is 31.5 Å². The Bertz CT molecular complexity index is 503. The fourth-order valence-corrected chi connectivity index (χ4v) is 1.77. The van der Waals surface area contributed by atoms with Crippen LogP contribution in [0.1, 0.15) is 31.2 Å². The molecule has 0 aliphatic heterocycles. The van der Waals surface area contributed by atoms with Crippen LogP contribution < -0.4 is 0 Å². The first kappa shape index (κ1) is 11.1. The second kappa shape index (κ2) is 4.26. The summed E-state index contributed by atoms with van der Waals surface area (Å²) in [7, 11) is 0. The zero-order chi connectivity index (χ0) is 11.7. The lowest BCUT2D eigenvalue weighted by Crippen LogP contribution is -1.89. The second-order valence-electron chi connectivity index (χ2n) is 4.18. The van der Waals surface area contributed by atoms with Crippen LogP contribution in [-0.4, -0.2) is 15.2 Å². The van der Waals surface area contributed by atoms with E-state index in [9.17, 15) is 0 Å². The number of halogens is 1. The van der Waals surface area contributed by atoms with Crippen molar-refractivity contribution < 1.29 is 0 Å². The highest BCUT2D eigenvalue weighted by Gasteiger charge is 2.11. The molecule has 0 atom stereocenters. The van der Waals surface area contributed by atoms with Gasteiger partial charge in [0.15, 0.2) is 5.82 Å². The number of rotatable bonds is 2. The fourth-order valence-electron chi connectivity index (χ4n) is 1.45. The van der Waals surface area contributed by atoms with Gasteiger partial charge in [-0.3, -0.25) is 5.10 Å². The lowest BCUT2D eigenvalue weighted by molar-refractivity contribution is 0.781. The van der Waals surface area contributed by atoms with E-state index >= 15 is 0 Å². The van der Waals surface area contributed by atoms with E-state index in [0.29, 0.717) is 16.8 Å². The summed E-state index contributed by atoms with van der Waals surface area (Å²) >= 11 is 6.16. The third kappa shape index (κ3) is 2.09.